The van der Waals surface area contributed by atoms with E-state index in [1.165, 1.54) is 6.42 Å². The SMILES string of the molecule is O=C(CNCCCCC1CCCN(CC(=O)N2c3ccccc3C(=O)Nc3cccnc32)C1)c1ccccc1. The number of carbonyl (C=O) groups is 3. The van der Waals surface area contributed by atoms with Crippen LogP contribution in [0.3, 0.4) is 0 Å². The van der Waals surface area contributed by atoms with E-state index in [1.807, 2.05) is 36.4 Å². The van der Waals surface area contributed by atoms with Gasteiger partial charge >= 0.3 is 0 Å². The highest BCUT2D eigenvalue weighted by molar-refractivity contribution is 6.17. The van der Waals surface area contributed by atoms with Crippen molar-refractivity contribution in [1.29, 1.82) is 0 Å². The molecule has 0 aliphatic carbocycles. The Labute approximate surface area is 229 Å². The molecule has 202 valence electrons. The van der Waals surface area contributed by atoms with Gasteiger partial charge in [-0.3, -0.25) is 24.2 Å². The Bertz CT molecular complexity index is 1310. The molecule has 5 rings (SSSR count). The van der Waals surface area contributed by atoms with Gasteiger partial charge in [-0.05, 0) is 69.0 Å². The summed E-state index contributed by atoms with van der Waals surface area (Å²) in [6.45, 7) is 3.22. The highest BCUT2D eigenvalue weighted by atomic mass is 16.2. The quantitative estimate of drug-likeness (QED) is 0.295. The Balaban J connectivity index is 1.12. The molecule has 8 heteroatoms. The Morgan fingerprint density at radius 2 is 1.82 bits per heavy atom. The third-order valence-corrected chi connectivity index (χ3v) is 7.44. The van der Waals surface area contributed by atoms with E-state index in [0.717, 1.165) is 50.9 Å². The average molecular weight is 526 g/mol. The lowest BCUT2D eigenvalue weighted by Gasteiger charge is -2.34. The van der Waals surface area contributed by atoms with Gasteiger partial charge in [0.15, 0.2) is 11.6 Å². The zero-order valence-electron chi connectivity index (χ0n) is 22.1. The van der Waals surface area contributed by atoms with E-state index in [-0.39, 0.29) is 24.1 Å². The van der Waals surface area contributed by atoms with Gasteiger partial charge in [-0.25, -0.2) is 4.98 Å². The first kappa shape index (κ1) is 26.7. The number of pyridine rings is 1. The fourth-order valence-electron chi connectivity index (χ4n) is 5.49. The van der Waals surface area contributed by atoms with Gasteiger partial charge in [-0.1, -0.05) is 48.9 Å². The number of aromatic nitrogens is 1. The largest absolute Gasteiger partial charge is 0.319 e. The van der Waals surface area contributed by atoms with Crippen molar-refractivity contribution in [3.63, 3.8) is 0 Å². The lowest BCUT2D eigenvalue weighted by Crippen LogP contribution is -2.43. The van der Waals surface area contributed by atoms with E-state index in [2.05, 4.69) is 20.5 Å². The van der Waals surface area contributed by atoms with Gasteiger partial charge < -0.3 is 10.6 Å². The van der Waals surface area contributed by atoms with E-state index in [9.17, 15) is 14.4 Å². The average Bonchev–Trinajstić information content (AvgIpc) is 3.09. The second kappa shape index (κ2) is 12.8. The monoisotopic (exact) mass is 525 g/mol. The van der Waals surface area contributed by atoms with Gasteiger partial charge in [-0.2, -0.15) is 0 Å². The molecule has 3 aromatic rings. The molecule has 2 aromatic carbocycles. The molecule has 0 radical (unpaired) electrons. The van der Waals surface area contributed by atoms with Gasteiger partial charge in [0.2, 0.25) is 5.91 Å². The van der Waals surface area contributed by atoms with E-state index >= 15 is 0 Å². The number of para-hydroxylation sites is 1. The smallest absolute Gasteiger partial charge is 0.257 e. The number of hydrogen-bond donors (Lipinski definition) is 2. The van der Waals surface area contributed by atoms with E-state index in [4.69, 9.17) is 0 Å². The number of nitrogens with zero attached hydrogens (tertiary/aromatic N) is 3. The molecular weight excluding hydrogens is 490 g/mol. The van der Waals surface area contributed by atoms with Crippen molar-refractivity contribution in [2.24, 2.45) is 5.92 Å². The zero-order valence-corrected chi connectivity index (χ0v) is 22.1. The molecule has 1 unspecified atom stereocenters. The third kappa shape index (κ3) is 6.58. The highest BCUT2D eigenvalue weighted by Crippen LogP contribution is 2.36. The molecule has 2 amide bonds. The number of Topliss-reactive ketones (excluding diaryl/α,β-unsaturated/α-hetero) is 1. The number of hydrogen-bond acceptors (Lipinski definition) is 6. The predicted molar refractivity (Wildman–Crippen MR) is 152 cm³/mol. The van der Waals surface area contributed by atoms with Crippen LogP contribution in [-0.2, 0) is 4.79 Å². The van der Waals surface area contributed by atoms with Gasteiger partial charge in [0, 0.05) is 18.3 Å². The van der Waals surface area contributed by atoms with Crippen LogP contribution < -0.4 is 15.5 Å². The summed E-state index contributed by atoms with van der Waals surface area (Å²) >= 11 is 0. The first-order chi connectivity index (χ1) is 19.1. The standard InChI is InChI=1S/C31H35N5O3/c37-28(24-12-2-1-3-13-24)20-32-17-7-6-10-23-11-9-19-35(21-23)22-29(38)36-27-16-5-4-14-25(27)31(39)34-26-15-8-18-33-30(26)36/h1-5,8,12-16,18,23,32H,6-7,9-11,17,19-22H2,(H,34,39). The van der Waals surface area contributed by atoms with Crippen LogP contribution in [0.4, 0.5) is 17.2 Å². The van der Waals surface area contributed by atoms with Crippen LogP contribution in [0.5, 0.6) is 0 Å². The minimum atomic E-state index is -0.243. The first-order valence-electron chi connectivity index (χ1n) is 13.8. The first-order valence-corrected chi connectivity index (χ1v) is 13.8. The number of benzene rings is 2. The Kier molecular flexibility index (Phi) is 8.75. The van der Waals surface area contributed by atoms with Crippen LogP contribution in [-0.4, -0.2) is 60.2 Å². The number of anilines is 3. The minimum Gasteiger partial charge on any atom is -0.319 e. The van der Waals surface area contributed by atoms with Crippen molar-refractivity contribution < 1.29 is 14.4 Å². The molecule has 8 nitrogen and oxygen atoms in total. The summed E-state index contributed by atoms with van der Waals surface area (Å²) in [4.78, 5) is 47.0. The van der Waals surface area contributed by atoms with E-state index in [1.54, 1.807) is 41.4 Å². The second-order valence-electron chi connectivity index (χ2n) is 10.3. The molecule has 0 spiro atoms. The normalized spacial score (nSPS) is 17.1. The molecule has 1 atom stereocenters. The molecule has 1 aromatic heterocycles. The lowest BCUT2D eigenvalue weighted by molar-refractivity contribution is -0.119. The van der Waals surface area contributed by atoms with Gasteiger partial charge in [0.05, 0.1) is 30.0 Å². The molecule has 2 N–H and O–H groups in total. The van der Waals surface area contributed by atoms with Crippen molar-refractivity contribution in [2.75, 3.05) is 42.9 Å². The number of rotatable bonds is 10. The minimum absolute atomic E-state index is 0.0909. The molecule has 3 heterocycles. The number of unbranched alkanes of at least 4 members (excludes halogenated alkanes) is 1. The van der Waals surface area contributed by atoms with Crippen molar-refractivity contribution in [2.45, 2.75) is 32.1 Å². The molecule has 0 saturated carbocycles. The van der Waals surface area contributed by atoms with E-state index < -0.39 is 0 Å². The lowest BCUT2D eigenvalue weighted by atomic mass is 9.92. The second-order valence-corrected chi connectivity index (χ2v) is 10.3. The summed E-state index contributed by atoms with van der Waals surface area (Å²) in [5.74, 6) is 0.780. The number of amides is 2. The number of nitrogens with one attached hydrogen (secondary N) is 2. The third-order valence-electron chi connectivity index (χ3n) is 7.44. The molecular formula is C31H35N5O3. The molecule has 2 aliphatic rings. The van der Waals surface area contributed by atoms with Gasteiger partial charge in [-0.15, -0.1) is 0 Å². The van der Waals surface area contributed by atoms with Crippen LogP contribution in [0.15, 0.2) is 72.9 Å². The van der Waals surface area contributed by atoms with Crippen LogP contribution in [0.2, 0.25) is 0 Å². The number of carbonyl (C=O) groups excluding carboxylic acids is 3. The van der Waals surface area contributed by atoms with Crippen molar-refractivity contribution in [3.8, 4) is 0 Å². The van der Waals surface area contributed by atoms with Crippen LogP contribution in [0.1, 0.15) is 52.8 Å². The zero-order chi connectivity index (χ0) is 27.0. The maximum Gasteiger partial charge on any atom is 0.257 e. The topological polar surface area (TPSA) is 94.6 Å². The van der Waals surface area contributed by atoms with Crippen molar-refractivity contribution in [3.05, 3.63) is 84.1 Å². The Morgan fingerprint density at radius 1 is 1.00 bits per heavy atom. The number of fused-ring (bicyclic) bond motifs is 2. The molecule has 39 heavy (non-hydrogen) atoms. The summed E-state index contributed by atoms with van der Waals surface area (Å²) < 4.78 is 0. The Hall–Kier alpha value is -3.88. The summed E-state index contributed by atoms with van der Waals surface area (Å²) in [6, 6.07) is 20.1. The van der Waals surface area contributed by atoms with Gasteiger partial charge in [0.25, 0.3) is 5.91 Å². The maximum atomic E-state index is 13.7. The highest BCUT2D eigenvalue weighted by Gasteiger charge is 2.32. The number of piperidine rings is 1. The summed E-state index contributed by atoms with van der Waals surface area (Å²) in [7, 11) is 0. The molecule has 1 saturated heterocycles. The Morgan fingerprint density at radius 3 is 2.69 bits per heavy atom. The van der Waals surface area contributed by atoms with Crippen LogP contribution in [0, 0.1) is 5.92 Å². The summed E-state index contributed by atoms with van der Waals surface area (Å²) in [6.07, 6.45) is 7.08. The fraction of sp³-hybridized carbons (Fsp3) is 0.355. The molecule has 2 aliphatic heterocycles. The summed E-state index contributed by atoms with van der Waals surface area (Å²) in [5, 5.41) is 6.17. The molecule has 1 fully saturated rings. The van der Waals surface area contributed by atoms with Crippen molar-refractivity contribution >= 4 is 34.8 Å². The molecule has 0 bridgehead atoms. The van der Waals surface area contributed by atoms with Crippen LogP contribution >= 0.6 is 0 Å². The van der Waals surface area contributed by atoms with Crippen LogP contribution in [0.25, 0.3) is 0 Å². The van der Waals surface area contributed by atoms with Crippen molar-refractivity contribution in [1.82, 2.24) is 15.2 Å². The van der Waals surface area contributed by atoms with E-state index in [0.29, 0.717) is 35.2 Å². The van der Waals surface area contributed by atoms with Gasteiger partial charge in [0.1, 0.15) is 0 Å². The fourth-order valence-corrected chi connectivity index (χ4v) is 5.49. The number of likely N-dealkylation sites (tertiary alicyclic amines) is 1. The summed E-state index contributed by atoms with van der Waals surface area (Å²) in [5.41, 5.74) is 2.29. The maximum absolute atomic E-state index is 13.7. The predicted octanol–water partition coefficient (Wildman–Crippen LogP) is 4.67. The number of ketones is 1.